The van der Waals surface area contributed by atoms with Crippen molar-refractivity contribution < 1.29 is 13.0 Å². The molecule has 0 aromatic heterocycles. The van der Waals surface area contributed by atoms with Crippen LogP contribution in [0.1, 0.15) is 32.1 Å². The molecule has 11 heavy (non-hydrogen) atoms. The molecule has 0 atom stereocenters. The highest BCUT2D eigenvalue weighted by Crippen LogP contribution is 2.37. The molecule has 0 spiro atoms. The maximum atomic E-state index is 10.8. The van der Waals surface area contributed by atoms with Gasteiger partial charge in [0.2, 0.25) is 0 Å². The summed E-state index contributed by atoms with van der Waals surface area (Å²) < 4.78 is 29.2. The van der Waals surface area contributed by atoms with Crippen molar-refractivity contribution in [2.45, 2.75) is 36.2 Å². The summed E-state index contributed by atoms with van der Waals surface area (Å²) in [6.45, 7) is 0. The van der Waals surface area contributed by atoms with Crippen LogP contribution in [-0.4, -0.2) is 17.0 Å². The number of rotatable bonds is 1. The van der Waals surface area contributed by atoms with Gasteiger partial charge in [0.25, 0.3) is 10.1 Å². The van der Waals surface area contributed by atoms with E-state index in [1.54, 1.807) is 0 Å². The monoisotopic (exact) mass is 196 g/mol. The van der Waals surface area contributed by atoms with Crippen LogP contribution < -0.4 is 0 Å². The normalized spacial score (nSPS) is 24.9. The molecule has 0 aromatic carbocycles. The van der Waals surface area contributed by atoms with Crippen molar-refractivity contribution in [3.63, 3.8) is 0 Å². The van der Waals surface area contributed by atoms with Crippen molar-refractivity contribution in [3.05, 3.63) is 0 Å². The summed E-state index contributed by atoms with van der Waals surface area (Å²) in [5.41, 5.74) is 0. The summed E-state index contributed by atoms with van der Waals surface area (Å²) in [5.74, 6) is 0. The Morgan fingerprint density at radius 1 is 1.18 bits per heavy atom. The average Bonchev–Trinajstić information content (AvgIpc) is 1.87. The quantitative estimate of drug-likeness (QED) is 0.493. The fourth-order valence-corrected chi connectivity index (χ4v) is 2.48. The van der Waals surface area contributed by atoms with Gasteiger partial charge in [-0.2, -0.15) is 21.0 Å². The Morgan fingerprint density at radius 2 is 1.64 bits per heavy atom. The van der Waals surface area contributed by atoms with Gasteiger partial charge in [0.1, 0.15) is 4.08 Å². The molecule has 3 nitrogen and oxygen atoms in total. The van der Waals surface area contributed by atoms with Gasteiger partial charge in [-0.15, -0.1) is 0 Å². The zero-order chi connectivity index (χ0) is 8.54. The van der Waals surface area contributed by atoms with Crippen LogP contribution in [0, 0.1) is 0 Å². The largest absolute Gasteiger partial charge is 0.284 e. The zero-order valence-corrected chi connectivity index (χ0v) is 7.87. The minimum absolute atomic E-state index is 0.467. The van der Waals surface area contributed by atoms with E-state index in [0.717, 1.165) is 19.3 Å². The van der Waals surface area contributed by atoms with E-state index < -0.39 is 14.2 Å². The summed E-state index contributed by atoms with van der Waals surface area (Å²) in [6, 6.07) is 0. The zero-order valence-electron chi connectivity index (χ0n) is 6.15. The highest BCUT2D eigenvalue weighted by Gasteiger charge is 2.39. The van der Waals surface area contributed by atoms with Crippen molar-refractivity contribution >= 4 is 22.7 Å². The molecule has 0 aromatic rings. The standard InChI is InChI=1S/C6H12O3S2/c7-11(8,9)6(10)4-2-1-3-5-6/h10H,1-5H2,(H,7,8,9). The lowest BCUT2D eigenvalue weighted by Crippen LogP contribution is -2.34. The molecule has 0 amide bonds. The van der Waals surface area contributed by atoms with E-state index in [2.05, 4.69) is 12.6 Å². The smallest absolute Gasteiger partial charge is 0.279 e. The minimum atomic E-state index is -3.96. The van der Waals surface area contributed by atoms with Crippen molar-refractivity contribution in [1.82, 2.24) is 0 Å². The van der Waals surface area contributed by atoms with E-state index in [1.807, 2.05) is 0 Å². The maximum Gasteiger partial charge on any atom is 0.279 e. The lowest BCUT2D eigenvalue weighted by atomic mass is 10.00. The molecular formula is C6H12O3S2. The predicted octanol–water partition coefficient (Wildman–Crippen LogP) is 1.46. The Balaban J connectivity index is 2.81. The Hall–Kier alpha value is 0.260. The first kappa shape index (κ1) is 9.35. The molecule has 0 saturated heterocycles. The number of thiol groups is 1. The Morgan fingerprint density at radius 3 is 1.91 bits per heavy atom. The molecule has 1 aliphatic rings. The summed E-state index contributed by atoms with van der Waals surface area (Å²) in [5, 5.41) is 0. The Kier molecular flexibility index (Phi) is 2.51. The second kappa shape index (κ2) is 2.95. The predicted molar refractivity (Wildman–Crippen MR) is 46.4 cm³/mol. The SMILES string of the molecule is O=S(=O)(O)C1(S)CCCCC1. The molecule has 0 bridgehead atoms. The van der Waals surface area contributed by atoms with Crippen LogP contribution in [0.2, 0.25) is 0 Å². The van der Waals surface area contributed by atoms with Gasteiger partial charge >= 0.3 is 0 Å². The van der Waals surface area contributed by atoms with Crippen LogP contribution >= 0.6 is 12.6 Å². The Bertz CT molecular complexity index is 226. The molecule has 1 rings (SSSR count). The molecule has 0 heterocycles. The highest BCUT2D eigenvalue weighted by atomic mass is 32.3. The van der Waals surface area contributed by atoms with E-state index in [1.165, 1.54) is 0 Å². The third-order valence-electron chi connectivity index (χ3n) is 2.11. The fraction of sp³-hybridized carbons (Fsp3) is 1.00. The van der Waals surface area contributed by atoms with Gasteiger partial charge in [-0.05, 0) is 12.8 Å². The molecule has 1 N–H and O–H groups in total. The van der Waals surface area contributed by atoms with E-state index in [-0.39, 0.29) is 0 Å². The molecule has 0 unspecified atom stereocenters. The first-order chi connectivity index (χ1) is 4.96. The van der Waals surface area contributed by atoms with Crippen molar-refractivity contribution in [2.24, 2.45) is 0 Å². The van der Waals surface area contributed by atoms with Gasteiger partial charge in [0, 0.05) is 0 Å². The van der Waals surface area contributed by atoms with E-state index in [9.17, 15) is 8.42 Å². The van der Waals surface area contributed by atoms with Crippen LogP contribution in [-0.2, 0) is 10.1 Å². The van der Waals surface area contributed by atoms with Crippen LogP contribution in [0.25, 0.3) is 0 Å². The third-order valence-corrected chi connectivity index (χ3v) is 4.62. The van der Waals surface area contributed by atoms with Crippen molar-refractivity contribution in [3.8, 4) is 0 Å². The summed E-state index contributed by atoms with van der Waals surface area (Å²) in [6.07, 6.45) is 3.65. The number of hydrogen-bond acceptors (Lipinski definition) is 3. The average molecular weight is 196 g/mol. The van der Waals surface area contributed by atoms with E-state index in [4.69, 9.17) is 4.55 Å². The van der Waals surface area contributed by atoms with Crippen LogP contribution in [0.15, 0.2) is 0 Å². The van der Waals surface area contributed by atoms with Crippen LogP contribution in [0.4, 0.5) is 0 Å². The topological polar surface area (TPSA) is 54.4 Å². The molecular weight excluding hydrogens is 184 g/mol. The minimum Gasteiger partial charge on any atom is -0.284 e. The molecule has 66 valence electrons. The van der Waals surface area contributed by atoms with Gasteiger partial charge in [0.15, 0.2) is 0 Å². The second-order valence-corrected chi connectivity index (χ2v) is 5.87. The van der Waals surface area contributed by atoms with Gasteiger partial charge in [0.05, 0.1) is 0 Å². The van der Waals surface area contributed by atoms with Crippen molar-refractivity contribution in [1.29, 1.82) is 0 Å². The van der Waals surface area contributed by atoms with Gasteiger partial charge in [-0.25, -0.2) is 0 Å². The van der Waals surface area contributed by atoms with Gasteiger partial charge in [-0.3, -0.25) is 4.55 Å². The Labute approximate surface area is 72.3 Å². The summed E-state index contributed by atoms with van der Waals surface area (Å²) in [7, 11) is -3.96. The first-order valence-electron chi connectivity index (χ1n) is 3.65. The van der Waals surface area contributed by atoms with E-state index in [0.29, 0.717) is 12.8 Å². The van der Waals surface area contributed by atoms with Gasteiger partial charge < -0.3 is 0 Å². The summed E-state index contributed by atoms with van der Waals surface area (Å²) >= 11 is 3.99. The van der Waals surface area contributed by atoms with E-state index >= 15 is 0 Å². The van der Waals surface area contributed by atoms with Crippen molar-refractivity contribution in [2.75, 3.05) is 0 Å². The summed E-state index contributed by atoms with van der Waals surface area (Å²) in [4.78, 5) is 0. The molecule has 1 fully saturated rings. The van der Waals surface area contributed by atoms with Gasteiger partial charge in [-0.1, -0.05) is 19.3 Å². The molecule has 1 aliphatic carbocycles. The molecule has 1 saturated carbocycles. The third kappa shape index (κ3) is 1.89. The molecule has 5 heteroatoms. The highest BCUT2D eigenvalue weighted by molar-refractivity contribution is 8.03. The molecule has 0 radical (unpaired) electrons. The number of hydrogen-bond donors (Lipinski definition) is 2. The second-order valence-electron chi connectivity index (χ2n) is 2.98. The lowest BCUT2D eigenvalue weighted by Gasteiger charge is -2.28. The van der Waals surface area contributed by atoms with Crippen LogP contribution in [0.3, 0.4) is 0 Å². The fourth-order valence-electron chi connectivity index (χ4n) is 1.36. The van der Waals surface area contributed by atoms with Crippen LogP contribution in [0.5, 0.6) is 0 Å². The first-order valence-corrected chi connectivity index (χ1v) is 5.54. The molecule has 0 aliphatic heterocycles. The lowest BCUT2D eigenvalue weighted by molar-refractivity contribution is 0.410. The maximum absolute atomic E-state index is 10.8.